The maximum absolute atomic E-state index is 12.4. The summed E-state index contributed by atoms with van der Waals surface area (Å²) in [5.74, 6) is -0.257. The minimum atomic E-state index is -3.91. The maximum atomic E-state index is 12.4. The number of carbonyl (C=O) groups excluding carboxylic acids is 1. The number of nitrogens with zero attached hydrogens (tertiary/aromatic N) is 1. The van der Waals surface area contributed by atoms with Gasteiger partial charge in [0.05, 0.1) is 15.5 Å². The Morgan fingerprint density at radius 2 is 1.85 bits per heavy atom. The van der Waals surface area contributed by atoms with E-state index in [4.69, 9.17) is 16.7 Å². The number of benzene rings is 1. The van der Waals surface area contributed by atoms with Crippen LogP contribution < -0.4 is 5.14 Å². The third-order valence-corrected chi connectivity index (χ3v) is 5.38. The zero-order chi connectivity index (χ0) is 14.9. The lowest BCUT2D eigenvalue weighted by Gasteiger charge is -2.27. The van der Waals surface area contributed by atoms with Crippen molar-refractivity contribution in [1.29, 1.82) is 0 Å². The molecule has 2 N–H and O–H groups in total. The molecule has 0 radical (unpaired) electrons. The Kier molecular flexibility index (Phi) is 4.73. The zero-order valence-electron chi connectivity index (χ0n) is 10.6. The topological polar surface area (TPSA) is 80.5 Å². The minimum absolute atomic E-state index is 0.137. The van der Waals surface area contributed by atoms with Gasteiger partial charge in [-0.1, -0.05) is 11.6 Å². The lowest BCUT2D eigenvalue weighted by molar-refractivity contribution is 0.0724. The molecule has 0 aromatic heterocycles. The highest BCUT2D eigenvalue weighted by molar-refractivity contribution is 9.10. The molecule has 2 rings (SSSR count). The van der Waals surface area contributed by atoms with Crippen molar-refractivity contribution in [2.75, 3.05) is 13.1 Å². The number of hydrogen-bond donors (Lipinski definition) is 1. The predicted octanol–water partition coefficient (Wildman–Crippen LogP) is 2.38. The lowest BCUT2D eigenvalue weighted by atomic mass is 10.1. The molecule has 0 unspecified atom stereocenters. The van der Waals surface area contributed by atoms with E-state index in [9.17, 15) is 13.2 Å². The van der Waals surface area contributed by atoms with Crippen LogP contribution in [-0.2, 0) is 10.0 Å². The van der Waals surface area contributed by atoms with E-state index in [0.29, 0.717) is 13.1 Å². The van der Waals surface area contributed by atoms with Crippen LogP contribution in [0.2, 0.25) is 5.02 Å². The Hall–Kier alpha value is -0.630. The van der Waals surface area contributed by atoms with Crippen LogP contribution in [0, 0.1) is 0 Å². The number of carbonyl (C=O) groups is 1. The minimum Gasteiger partial charge on any atom is -0.339 e. The maximum Gasteiger partial charge on any atom is 0.255 e. The first-order chi connectivity index (χ1) is 9.30. The fraction of sp³-hybridized carbons (Fsp3) is 0.417. The molecular formula is C12H14BrClN2O3S. The fourth-order valence-electron chi connectivity index (χ4n) is 2.18. The van der Waals surface area contributed by atoms with Crippen LogP contribution >= 0.6 is 27.5 Å². The highest BCUT2D eigenvalue weighted by atomic mass is 79.9. The van der Waals surface area contributed by atoms with Gasteiger partial charge in [-0.2, -0.15) is 0 Å². The number of sulfonamides is 1. The molecule has 1 amide bonds. The van der Waals surface area contributed by atoms with Crippen molar-refractivity contribution in [3.8, 4) is 0 Å². The first-order valence-electron chi connectivity index (χ1n) is 6.12. The number of halogens is 2. The van der Waals surface area contributed by atoms with Crippen molar-refractivity contribution in [2.24, 2.45) is 5.14 Å². The van der Waals surface area contributed by atoms with E-state index >= 15 is 0 Å². The van der Waals surface area contributed by atoms with Crippen LogP contribution in [0.3, 0.4) is 0 Å². The lowest BCUT2D eigenvalue weighted by Crippen LogP contribution is -2.35. The van der Waals surface area contributed by atoms with Gasteiger partial charge in [-0.25, -0.2) is 13.6 Å². The van der Waals surface area contributed by atoms with E-state index in [0.717, 1.165) is 19.3 Å². The van der Waals surface area contributed by atoms with E-state index in [1.165, 1.54) is 12.1 Å². The average molecular weight is 382 g/mol. The summed E-state index contributed by atoms with van der Waals surface area (Å²) in [4.78, 5) is 14.0. The molecule has 20 heavy (non-hydrogen) atoms. The van der Waals surface area contributed by atoms with E-state index < -0.39 is 10.0 Å². The molecular weight excluding hydrogens is 368 g/mol. The number of piperidine rings is 1. The number of primary sulfonamides is 1. The van der Waals surface area contributed by atoms with Gasteiger partial charge in [-0.05, 0) is 47.3 Å². The smallest absolute Gasteiger partial charge is 0.255 e. The molecule has 0 aliphatic carbocycles. The average Bonchev–Trinajstić information content (AvgIpc) is 2.37. The van der Waals surface area contributed by atoms with E-state index in [1.54, 1.807) is 4.90 Å². The van der Waals surface area contributed by atoms with Gasteiger partial charge in [0, 0.05) is 17.6 Å². The van der Waals surface area contributed by atoms with Gasteiger partial charge in [-0.3, -0.25) is 4.79 Å². The van der Waals surface area contributed by atoms with Gasteiger partial charge >= 0.3 is 0 Å². The van der Waals surface area contributed by atoms with Crippen LogP contribution in [-0.4, -0.2) is 32.3 Å². The predicted molar refractivity (Wildman–Crippen MR) is 80.3 cm³/mol. The molecule has 1 aromatic rings. The van der Waals surface area contributed by atoms with Crippen LogP contribution in [0.15, 0.2) is 21.5 Å². The second-order valence-electron chi connectivity index (χ2n) is 4.66. The van der Waals surface area contributed by atoms with Gasteiger partial charge in [-0.15, -0.1) is 0 Å². The van der Waals surface area contributed by atoms with Crippen LogP contribution in [0.25, 0.3) is 0 Å². The molecule has 1 aromatic carbocycles. The molecule has 1 fully saturated rings. The van der Waals surface area contributed by atoms with Crippen molar-refractivity contribution in [1.82, 2.24) is 4.90 Å². The summed E-state index contributed by atoms with van der Waals surface area (Å²) < 4.78 is 23.2. The number of amides is 1. The number of nitrogens with two attached hydrogens (primary N) is 1. The number of hydrogen-bond acceptors (Lipinski definition) is 3. The van der Waals surface area contributed by atoms with E-state index in [2.05, 4.69) is 15.9 Å². The number of rotatable bonds is 2. The Labute approximate surface area is 131 Å². The highest BCUT2D eigenvalue weighted by Crippen LogP contribution is 2.29. The quantitative estimate of drug-likeness (QED) is 0.854. The Balaban J connectivity index is 2.43. The summed E-state index contributed by atoms with van der Waals surface area (Å²) in [5, 5.41) is 5.34. The Morgan fingerprint density at radius 3 is 2.40 bits per heavy atom. The molecule has 1 aliphatic rings. The molecule has 0 spiro atoms. The third-order valence-electron chi connectivity index (χ3n) is 3.20. The first-order valence-corrected chi connectivity index (χ1v) is 8.83. The molecule has 0 saturated carbocycles. The summed E-state index contributed by atoms with van der Waals surface area (Å²) in [6, 6.07) is 2.62. The largest absolute Gasteiger partial charge is 0.339 e. The van der Waals surface area contributed by atoms with Crippen molar-refractivity contribution in [3.63, 3.8) is 0 Å². The monoisotopic (exact) mass is 380 g/mol. The van der Waals surface area contributed by atoms with E-state index in [1.807, 2.05) is 0 Å². The van der Waals surface area contributed by atoms with Gasteiger partial charge < -0.3 is 4.90 Å². The Morgan fingerprint density at radius 1 is 1.25 bits per heavy atom. The normalized spacial score (nSPS) is 16.2. The zero-order valence-corrected chi connectivity index (χ0v) is 13.8. The molecule has 1 saturated heterocycles. The third kappa shape index (κ3) is 3.33. The molecule has 8 heteroatoms. The van der Waals surface area contributed by atoms with Crippen molar-refractivity contribution in [3.05, 3.63) is 27.2 Å². The summed E-state index contributed by atoms with van der Waals surface area (Å²) >= 11 is 9.15. The van der Waals surface area contributed by atoms with Crippen LogP contribution in [0.4, 0.5) is 0 Å². The van der Waals surface area contributed by atoms with Crippen molar-refractivity contribution < 1.29 is 13.2 Å². The molecule has 1 heterocycles. The summed E-state index contributed by atoms with van der Waals surface area (Å²) in [6.45, 7) is 1.33. The van der Waals surface area contributed by atoms with Crippen molar-refractivity contribution in [2.45, 2.75) is 24.2 Å². The standard InChI is InChI=1S/C12H14BrClN2O3S/c13-9-7-10(14)8(6-11(9)20(15,18)19)12(17)16-4-2-1-3-5-16/h6-7H,1-5H2,(H2,15,18,19). The SMILES string of the molecule is NS(=O)(=O)c1cc(C(=O)N2CCCCC2)c(Cl)cc1Br. The molecule has 5 nitrogen and oxygen atoms in total. The second kappa shape index (κ2) is 6.01. The fourth-order valence-corrected chi connectivity index (χ4v) is 4.19. The molecule has 0 bridgehead atoms. The van der Waals surface area contributed by atoms with Gasteiger partial charge in [0.2, 0.25) is 10.0 Å². The molecule has 0 atom stereocenters. The second-order valence-corrected chi connectivity index (χ2v) is 7.45. The van der Waals surface area contributed by atoms with Crippen LogP contribution in [0.1, 0.15) is 29.6 Å². The van der Waals surface area contributed by atoms with Gasteiger partial charge in [0.25, 0.3) is 5.91 Å². The van der Waals surface area contributed by atoms with E-state index in [-0.39, 0.29) is 25.9 Å². The summed E-state index contributed by atoms with van der Waals surface area (Å²) in [5.41, 5.74) is 0.167. The van der Waals surface area contributed by atoms with Crippen LogP contribution in [0.5, 0.6) is 0 Å². The summed E-state index contributed by atoms with van der Waals surface area (Å²) in [6.07, 6.45) is 2.99. The first kappa shape index (κ1) is 15.8. The van der Waals surface area contributed by atoms with Crippen molar-refractivity contribution >= 4 is 43.5 Å². The Bertz CT molecular complexity index is 642. The van der Waals surface area contributed by atoms with Gasteiger partial charge in [0.15, 0.2) is 0 Å². The highest BCUT2D eigenvalue weighted by Gasteiger charge is 2.24. The molecule has 110 valence electrons. The molecule has 1 aliphatic heterocycles. The number of likely N-dealkylation sites (tertiary alicyclic amines) is 1. The summed E-state index contributed by atoms with van der Waals surface area (Å²) in [7, 11) is -3.91. The van der Waals surface area contributed by atoms with Gasteiger partial charge in [0.1, 0.15) is 0 Å².